The van der Waals surface area contributed by atoms with Crippen molar-refractivity contribution in [3.05, 3.63) is 34.9 Å². The van der Waals surface area contributed by atoms with Gasteiger partial charge in [0.05, 0.1) is 0 Å². The summed E-state index contributed by atoms with van der Waals surface area (Å²) < 4.78 is 0. The maximum atomic E-state index is 3.22. The van der Waals surface area contributed by atoms with Gasteiger partial charge in [-0.15, -0.1) is 0 Å². The van der Waals surface area contributed by atoms with Crippen molar-refractivity contribution >= 4 is 0 Å². The van der Waals surface area contributed by atoms with Crippen molar-refractivity contribution in [2.45, 2.75) is 65.2 Å². The minimum Gasteiger partial charge on any atom is -0.320 e. The Morgan fingerprint density at radius 1 is 0.947 bits per heavy atom. The molecular weight excluding hydrogens is 230 g/mol. The van der Waals surface area contributed by atoms with Crippen molar-refractivity contribution in [2.24, 2.45) is 0 Å². The van der Waals surface area contributed by atoms with E-state index in [2.05, 4.69) is 51.2 Å². The minimum absolute atomic E-state index is 0.627. The molecule has 0 atom stereocenters. The molecule has 1 nitrogen and oxygen atoms in total. The second-order valence-electron chi connectivity index (χ2n) is 6.18. The predicted molar refractivity (Wildman–Crippen MR) is 86.1 cm³/mol. The average molecular weight is 261 g/mol. The fourth-order valence-corrected chi connectivity index (χ4v) is 2.53. The molecule has 0 unspecified atom stereocenters. The molecule has 0 radical (unpaired) electrons. The van der Waals surface area contributed by atoms with Gasteiger partial charge in [-0.1, -0.05) is 52.3 Å². The molecule has 0 spiro atoms. The Hall–Kier alpha value is -0.820. The maximum absolute atomic E-state index is 3.22. The third-order valence-electron chi connectivity index (χ3n) is 3.83. The number of benzene rings is 1. The van der Waals surface area contributed by atoms with Gasteiger partial charge >= 0.3 is 0 Å². The van der Waals surface area contributed by atoms with Gasteiger partial charge in [-0.3, -0.25) is 0 Å². The van der Waals surface area contributed by atoms with E-state index in [1.54, 1.807) is 11.1 Å². The van der Waals surface area contributed by atoms with Crippen molar-refractivity contribution in [3.63, 3.8) is 0 Å². The summed E-state index contributed by atoms with van der Waals surface area (Å²) in [5.41, 5.74) is 4.59. The van der Waals surface area contributed by atoms with Gasteiger partial charge < -0.3 is 5.32 Å². The number of hydrogen-bond donors (Lipinski definition) is 1. The van der Waals surface area contributed by atoms with E-state index >= 15 is 0 Å². The second-order valence-corrected chi connectivity index (χ2v) is 6.18. The standard InChI is InChI=1S/C18H31N/c1-14(2)17-11-10-16(18(13-17)15(3)4)9-7-6-8-12-19-5/h10-11,13-15,19H,6-9,12H2,1-5H3. The molecular formula is C18H31N. The molecule has 0 amide bonds. The molecule has 1 aromatic rings. The van der Waals surface area contributed by atoms with Gasteiger partial charge in [0.2, 0.25) is 0 Å². The topological polar surface area (TPSA) is 12.0 Å². The number of nitrogens with one attached hydrogen (secondary N) is 1. The van der Waals surface area contributed by atoms with Gasteiger partial charge in [-0.05, 0) is 61.4 Å². The summed E-state index contributed by atoms with van der Waals surface area (Å²) in [6.45, 7) is 10.3. The Balaban J connectivity index is 2.66. The Morgan fingerprint density at radius 2 is 1.68 bits per heavy atom. The third-order valence-corrected chi connectivity index (χ3v) is 3.83. The van der Waals surface area contributed by atoms with Crippen LogP contribution in [-0.4, -0.2) is 13.6 Å². The van der Waals surface area contributed by atoms with Crippen LogP contribution in [0.3, 0.4) is 0 Å². The molecule has 0 heterocycles. The zero-order valence-electron chi connectivity index (χ0n) is 13.4. The summed E-state index contributed by atoms with van der Waals surface area (Å²) in [5, 5.41) is 3.22. The molecule has 0 bridgehead atoms. The first-order valence-electron chi connectivity index (χ1n) is 7.83. The summed E-state index contributed by atoms with van der Waals surface area (Å²) in [6, 6.07) is 7.11. The zero-order valence-corrected chi connectivity index (χ0v) is 13.4. The molecule has 1 rings (SSSR count). The van der Waals surface area contributed by atoms with Crippen LogP contribution in [0.25, 0.3) is 0 Å². The molecule has 1 aromatic carbocycles. The molecule has 0 saturated carbocycles. The number of unbranched alkanes of at least 4 members (excludes halogenated alkanes) is 2. The van der Waals surface area contributed by atoms with E-state index in [-0.39, 0.29) is 0 Å². The summed E-state index contributed by atoms with van der Waals surface area (Å²) in [6.07, 6.45) is 5.15. The molecule has 0 aliphatic rings. The summed E-state index contributed by atoms with van der Waals surface area (Å²) >= 11 is 0. The fourth-order valence-electron chi connectivity index (χ4n) is 2.53. The summed E-state index contributed by atoms with van der Waals surface area (Å²) in [5.74, 6) is 1.26. The van der Waals surface area contributed by atoms with Gasteiger partial charge in [0.15, 0.2) is 0 Å². The molecule has 108 valence electrons. The van der Waals surface area contributed by atoms with Crippen LogP contribution in [0.2, 0.25) is 0 Å². The van der Waals surface area contributed by atoms with Crippen molar-refractivity contribution < 1.29 is 0 Å². The number of hydrogen-bond acceptors (Lipinski definition) is 1. The summed E-state index contributed by atoms with van der Waals surface area (Å²) in [4.78, 5) is 0. The van der Waals surface area contributed by atoms with Gasteiger partial charge in [0, 0.05) is 0 Å². The lowest BCUT2D eigenvalue weighted by Gasteiger charge is -2.16. The molecule has 0 aliphatic carbocycles. The van der Waals surface area contributed by atoms with E-state index in [1.807, 2.05) is 7.05 Å². The zero-order chi connectivity index (χ0) is 14.3. The molecule has 1 heteroatoms. The monoisotopic (exact) mass is 261 g/mol. The quantitative estimate of drug-likeness (QED) is 0.659. The molecule has 0 fully saturated rings. The Morgan fingerprint density at radius 3 is 2.26 bits per heavy atom. The molecule has 0 aliphatic heterocycles. The lowest BCUT2D eigenvalue weighted by Crippen LogP contribution is -2.07. The minimum atomic E-state index is 0.627. The van der Waals surface area contributed by atoms with E-state index in [0.717, 1.165) is 6.54 Å². The van der Waals surface area contributed by atoms with Crippen LogP contribution in [0.1, 0.15) is 75.5 Å². The van der Waals surface area contributed by atoms with Crippen LogP contribution >= 0.6 is 0 Å². The van der Waals surface area contributed by atoms with Crippen LogP contribution in [0.4, 0.5) is 0 Å². The van der Waals surface area contributed by atoms with Crippen LogP contribution in [0, 0.1) is 0 Å². The molecule has 0 saturated heterocycles. The Labute approximate surface area is 119 Å². The van der Waals surface area contributed by atoms with E-state index < -0.39 is 0 Å². The SMILES string of the molecule is CNCCCCCc1ccc(C(C)C)cc1C(C)C. The van der Waals surface area contributed by atoms with Crippen LogP contribution in [-0.2, 0) is 6.42 Å². The highest BCUT2D eigenvalue weighted by atomic mass is 14.8. The van der Waals surface area contributed by atoms with Gasteiger partial charge in [-0.25, -0.2) is 0 Å². The highest BCUT2D eigenvalue weighted by Crippen LogP contribution is 2.26. The smallest absolute Gasteiger partial charge is 0.00519 e. The van der Waals surface area contributed by atoms with Crippen molar-refractivity contribution in [3.8, 4) is 0 Å². The van der Waals surface area contributed by atoms with Crippen molar-refractivity contribution in [1.29, 1.82) is 0 Å². The molecule has 19 heavy (non-hydrogen) atoms. The van der Waals surface area contributed by atoms with E-state index in [0.29, 0.717) is 11.8 Å². The van der Waals surface area contributed by atoms with Gasteiger partial charge in [-0.2, -0.15) is 0 Å². The second kappa shape index (κ2) is 8.37. The largest absolute Gasteiger partial charge is 0.320 e. The van der Waals surface area contributed by atoms with Crippen LogP contribution in [0.15, 0.2) is 18.2 Å². The lowest BCUT2D eigenvalue weighted by atomic mass is 9.89. The first kappa shape index (κ1) is 16.2. The summed E-state index contributed by atoms with van der Waals surface area (Å²) in [7, 11) is 2.03. The highest BCUT2D eigenvalue weighted by Gasteiger charge is 2.09. The lowest BCUT2D eigenvalue weighted by molar-refractivity contribution is 0.639. The van der Waals surface area contributed by atoms with Crippen molar-refractivity contribution in [2.75, 3.05) is 13.6 Å². The van der Waals surface area contributed by atoms with E-state index in [4.69, 9.17) is 0 Å². The first-order valence-corrected chi connectivity index (χ1v) is 7.83. The normalized spacial score (nSPS) is 11.5. The number of rotatable bonds is 8. The van der Waals surface area contributed by atoms with Crippen LogP contribution < -0.4 is 5.32 Å². The van der Waals surface area contributed by atoms with Crippen LogP contribution in [0.5, 0.6) is 0 Å². The molecule has 0 aromatic heterocycles. The molecule has 1 N–H and O–H groups in total. The predicted octanol–water partition coefficient (Wildman–Crippen LogP) is 4.87. The van der Waals surface area contributed by atoms with Crippen molar-refractivity contribution in [1.82, 2.24) is 5.32 Å². The highest BCUT2D eigenvalue weighted by molar-refractivity contribution is 5.35. The fraction of sp³-hybridized carbons (Fsp3) is 0.667. The van der Waals surface area contributed by atoms with E-state index in [9.17, 15) is 0 Å². The Bertz CT molecular complexity index is 366. The van der Waals surface area contributed by atoms with Gasteiger partial charge in [0.1, 0.15) is 0 Å². The first-order chi connectivity index (χ1) is 9.06. The maximum Gasteiger partial charge on any atom is -0.00519 e. The third kappa shape index (κ3) is 5.36. The Kier molecular flexibility index (Phi) is 7.15. The average Bonchev–Trinajstić information content (AvgIpc) is 2.38. The van der Waals surface area contributed by atoms with Gasteiger partial charge in [0.25, 0.3) is 0 Å². The number of aryl methyl sites for hydroxylation is 1. The van der Waals surface area contributed by atoms with E-state index in [1.165, 1.54) is 31.2 Å².